The molecule has 0 bridgehead atoms. The Morgan fingerprint density at radius 2 is 1.80 bits per heavy atom. The number of aromatic hydroxyl groups is 1. The summed E-state index contributed by atoms with van der Waals surface area (Å²) in [6, 6.07) is 9.77. The van der Waals surface area contributed by atoms with E-state index in [4.69, 9.17) is 18.9 Å². The van der Waals surface area contributed by atoms with Crippen molar-refractivity contribution in [3.63, 3.8) is 0 Å². The molecule has 0 radical (unpaired) electrons. The molecule has 6 heteroatoms. The molecule has 132 valence electrons. The summed E-state index contributed by atoms with van der Waals surface area (Å²) in [7, 11) is 4.60. The standard InChI is InChI=1S/C19H20O6/c1-22-12-25-14-6-7-15(17(21)11-14)16(20)8-4-13-5-9-18(23-2)19(10-13)24-3/h4-11,21H,12H2,1-3H3/b8-4+. The zero-order valence-electron chi connectivity index (χ0n) is 14.3. The number of allylic oxidation sites excluding steroid dienone is 1. The molecule has 0 fully saturated rings. The molecular weight excluding hydrogens is 324 g/mol. The van der Waals surface area contributed by atoms with Gasteiger partial charge in [-0.15, -0.1) is 0 Å². The highest BCUT2D eigenvalue weighted by Crippen LogP contribution is 2.28. The van der Waals surface area contributed by atoms with Crippen LogP contribution in [0.4, 0.5) is 0 Å². The van der Waals surface area contributed by atoms with Gasteiger partial charge in [-0.3, -0.25) is 4.79 Å². The van der Waals surface area contributed by atoms with Gasteiger partial charge >= 0.3 is 0 Å². The molecule has 0 heterocycles. The van der Waals surface area contributed by atoms with Crippen molar-refractivity contribution in [3.05, 3.63) is 53.6 Å². The summed E-state index contributed by atoms with van der Waals surface area (Å²) in [4.78, 5) is 12.3. The predicted octanol–water partition coefficient (Wildman–Crippen LogP) is 3.29. The Hall–Kier alpha value is -2.99. The minimum Gasteiger partial charge on any atom is -0.507 e. The molecule has 2 aromatic rings. The molecule has 0 aliphatic rings. The van der Waals surface area contributed by atoms with E-state index in [2.05, 4.69) is 0 Å². The third-order valence-electron chi connectivity index (χ3n) is 3.41. The van der Waals surface area contributed by atoms with Crippen molar-refractivity contribution >= 4 is 11.9 Å². The van der Waals surface area contributed by atoms with Crippen molar-refractivity contribution in [2.45, 2.75) is 0 Å². The molecule has 0 atom stereocenters. The number of ether oxygens (including phenoxy) is 4. The lowest BCUT2D eigenvalue weighted by molar-refractivity contribution is 0.0510. The maximum atomic E-state index is 12.3. The van der Waals surface area contributed by atoms with Gasteiger partial charge in [0.1, 0.15) is 11.5 Å². The van der Waals surface area contributed by atoms with Crippen LogP contribution in [0.15, 0.2) is 42.5 Å². The highest BCUT2D eigenvalue weighted by Gasteiger charge is 2.10. The summed E-state index contributed by atoms with van der Waals surface area (Å²) >= 11 is 0. The second-order valence-corrected chi connectivity index (χ2v) is 5.04. The number of hydrogen-bond donors (Lipinski definition) is 1. The van der Waals surface area contributed by atoms with Crippen LogP contribution in [0, 0.1) is 0 Å². The summed E-state index contributed by atoms with van der Waals surface area (Å²) < 4.78 is 20.4. The van der Waals surface area contributed by atoms with E-state index in [1.807, 2.05) is 0 Å². The van der Waals surface area contributed by atoms with Crippen LogP contribution in [-0.2, 0) is 4.74 Å². The average molecular weight is 344 g/mol. The van der Waals surface area contributed by atoms with E-state index < -0.39 is 0 Å². The van der Waals surface area contributed by atoms with E-state index in [0.29, 0.717) is 17.2 Å². The third kappa shape index (κ3) is 4.74. The number of phenols is 1. The molecule has 0 aromatic heterocycles. The lowest BCUT2D eigenvalue weighted by Gasteiger charge is -2.08. The first-order chi connectivity index (χ1) is 12.1. The van der Waals surface area contributed by atoms with Crippen LogP contribution in [0.3, 0.4) is 0 Å². The fraction of sp³-hybridized carbons (Fsp3) is 0.211. The molecule has 0 saturated heterocycles. The zero-order chi connectivity index (χ0) is 18.2. The van der Waals surface area contributed by atoms with Gasteiger partial charge in [0.25, 0.3) is 0 Å². The van der Waals surface area contributed by atoms with Crippen LogP contribution in [0.2, 0.25) is 0 Å². The quantitative estimate of drug-likeness (QED) is 0.450. The zero-order valence-corrected chi connectivity index (χ0v) is 14.3. The Labute approximate surface area is 146 Å². The van der Waals surface area contributed by atoms with Gasteiger partial charge in [0.15, 0.2) is 24.1 Å². The Morgan fingerprint density at radius 3 is 2.44 bits per heavy atom. The van der Waals surface area contributed by atoms with Crippen LogP contribution in [0.5, 0.6) is 23.0 Å². The lowest BCUT2D eigenvalue weighted by atomic mass is 10.1. The first kappa shape index (κ1) is 18.4. The van der Waals surface area contributed by atoms with Gasteiger partial charge in [0.05, 0.1) is 19.8 Å². The van der Waals surface area contributed by atoms with E-state index in [1.54, 1.807) is 44.6 Å². The van der Waals surface area contributed by atoms with E-state index in [0.717, 1.165) is 5.56 Å². The number of carbonyl (C=O) groups is 1. The van der Waals surface area contributed by atoms with Gasteiger partial charge in [-0.2, -0.15) is 0 Å². The molecule has 0 aliphatic heterocycles. The van der Waals surface area contributed by atoms with Gasteiger partial charge in [-0.1, -0.05) is 12.1 Å². The van der Waals surface area contributed by atoms with Crippen molar-refractivity contribution in [1.29, 1.82) is 0 Å². The molecule has 6 nitrogen and oxygen atoms in total. The van der Waals surface area contributed by atoms with Crippen molar-refractivity contribution < 1.29 is 28.8 Å². The largest absolute Gasteiger partial charge is 0.507 e. The second kappa shape index (κ2) is 8.75. The van der Waals surface area contributed by atoms with Crippen LogP contribution in [0.1, 0.15) is 15.9 Å². The maximum Gasteiger partial charge on any atom is 0.189 e. The van der Waals surface area contributed by atoms with Gasteiger partial charge < -0.3 is 24.1 Å². The maximum absolute atomic E-state index is 12.3. The molecule has 1 N–H and O–H groups in total. The summed E-state index contributed by atoms with van der Waals surface area (Å²) in [5.74, 6) is 1.11. The Balaban J connectivity index is 2.15. The van der Waals surface area contributed by atoms with Crippen LogP contribution in [-0.4, -0.2) is 39.0 Å². The topological polar surface area (TPSA) is 74.2 Å². The van der Waals surface area contributed by atoms with Crippen molar-refractivity contribution in [2.75, 3.05) is 28.1 Å². The summed E-state index contributed by atoms with van der Waals surface area (Å²) in [6.45, 7) is 0.0614. The van der Waals surface area contributed by atoms with Gasteiger partial charge in [0, 0.05) is 13.2 Å². The van der Waals surface area contributed by atoms with Gasteiger partial charge in [-0.25, -0.2) is 0 Å². The smallest absolute Gasteiger partial charge is 0.189 e. The number of hydrogen-bond acceptors (Lipinski definition) is 6. The predicted molar refractivity (Wildman–Crippen MR) is 93.5 cm³/mol. The average Bonchev–Trinajstić information content (AvgIpc) is 2.64. The second-order valence-electron chi connectivity index (χ2n) is 5.04. The molecular formula is C19H20O6. The Bertz CT molecular complexity index is 767. The normalized spacial score (nSPS) is 10.7. The van der Waals surface area contributed by atoms with Crippen LogP contribution in [0.25, 0.3) is 6.08 Å². The SMILES string of the molecule is COCOc1ccc(C(=O)/C=C/c2ccc(OC)c(OC)c2)c(O)c1. The molecule has 0 aliphatic carbocycles. The highest BCUT2D eigenvalue weighted by molar-refractivity contribution is 6.08. The Kier molecular flexibility index (Phi) is 6.42. The van der Waals surface area contributed by atoms with E-state index in [9.17, 15) is 9.90 Å². The minimum absolute atomic E-state index is 0.0614. The number of methoxy groups -OCH3 is 3. The number of rotatable bonds is 8. The lowest BCUT2D eigenvalue weighted by Crippen LogP contribution is -2.00. The molecule has 0 amide bonds. The third-order valence-corrected chi connectivity index (χ3v) is 3.41. The number of benzene rings is 2. The first-order valence-electron chi connectivity index (χ1n) is 7.48. The van der Waals surface area contributed by atoms with Crippen LogP contribution >= 0.6 is 0 Å². The van der Waals surface area contributed by atoms with Gasteiger partial charge in [0.2, 0.25) is 0 Å². The molecule has 0 unspecified atom stereocenters. The fourth-order valence-electron chi connectivity index (χ4n) is 2.15. The summed E-state index contributed by atoms with van der Waals surface area (Å²) in [6.07, 6.45) is 3.02. The van der Waals surface area contributed by atoms with Crippen molar-refractivity contribution in [1.82, 2.24) is 0 Å². The molecule has 2 rings (SSSR count). The monoisotopic (exact) mass is 344 g/mol. The first-order valence-corrected chi connectivity index (χ1v) is 7.48. The Morgan fingerprint density at radius 1 is 1.04 bits per heavy atom. The minimum atomic E-state index is -0.328. The molecule has 25 heavy (non-hydrogen) atoms. The molecule has 2 aromatic carbocycles. The van der Waals surface area contributed by atoms with E-state index in [-0.39, 0.29) is 23.9 Å². The number of carbonyl (C=O) groups excluding carboxylic acids is 1. The van der Waals surface area contributed by atoms with E-state index in [1.165, 1.54) is 25.3 Å². The highest BCUT2D eigenvalue weighted by atomic mass is 16.7. The van der Waals surface area contributed by atoms with E-state index >= 15 is 0 Å². The fourth-order valence-corrected chi connectivity index (χ4v) is 2.15. The summed E-state index contributed by atoms with van der Waals surface area (Å²) in [5.41, 5.74) is 0.951. The summed E-state index contributed by atoms with van der Waals surface area (Å²) in [5, 5.41) is 10.00. The van der Waals surface area contributed by atoms with Crippen molar-refractivity contribution in [2.24, 2.45) is 0 Å². The molecule has 0 saturated carbocycles. The van der Waals surface area contributed by atoms with Crippen LogP contribution < -0.4 is 14.2 Å². The number of phenolic OH excluding ortho intramolecular Hbond substituents is 1. The molecule has 0 spiro atoms. The van der Waals surface area contributed by atoms with Gasteiger partial charge in [-0.05, 0) is 35.9 Å². The van der Waals surface area contributed by atoms with Crippen molar-refractivity contribution in [3.8, 4) is 23.0 Å². The number of ketones is 1.